The molecule has 18 heavy (non-hydrogen) atoms. The van der Waals surface area contributed by atoms with Gasteiger partial charge in [0.15, 0.2) is 0 Å². The zero-order chi connectivity index (χ0) is 13.0. The maximum Gasteiger partial charge on any atom is 0.125 e. The van der Waals surface area contributed by atoms with Gasteiger partial charge in [0, 0.05) is 12.7 Å². The quantitative estimate of drug-likeness (QED) is 0.908. The van der Waals surface area contributed by atoms with Gasteiger partial charge < -0.3 is 5.32 Å². The second-order valence-electron chi connectivity index (χ2n) is 4.11. The third-order valence-electron chi connectivity index (χ3n) is 2.73. The number of nitrogens with zero attached hydrogens (tertiary/aromatic N) is 1. The zero-order valence-electron chi connectivity index (χ0n) is 10.1. The van der Waals surface area contributed by atoms with Crippen molar-refractivity contribution in [2.45, 2.75) is 13.3 Å². The number of rotatable bonds is 4. The summed E-state index contributed by atoms with van der Waals surface area (Å²) in [5.74, 6) is 0.600. The lowest BCUT2D eigenvalue weighted by molar-refractivity contribution is 0.625. The molecule has 0 spiro atoms. The molecule has 0 saturated heterocycles. The summed E-state index contributed by atoms with van der Waals surface area (Å²) in [4.78, 5) is 4.14. The molecule has 1 heterocycles. The number of halogens is 2. The monoisotopic (exact) mass is 264 g/mol. The number of aromatic nitrogens is 1. The molecule has 0 aliphatic rings. The Morgan fingerprint density at radius 3 is 2.78 bits per heavy atom. The van der Waals surface area contributed by atoms with E-state index in [1.807, 2.05) is 19.1 Å². The van der Waals surface area contributed by atoms with Crippen molar-refractivity contribution in [3.8, 4) is 0 Å². The van der Waals surface area contributed by atoms with Crippen molar-refractivity contribution in [2.75, 3.05) is 11.9 Å². The molecule has 4 heteroatoms. The fraction of sp³-hybridized carbons (Fsp3) is 0.214. The first-order valence-electron chi connectivity index (χ1n) is 5.75. The Morgan fingerprint density at radius 1 is 1.28 bits per heavy atom. The number of benzene rings is 1. The highest BCUT2D eigenvalue weighted by molar-refractivity contribution is 6.30. The normalized spacial score (nSPS) is 10.4. The molecule has 1 N–H and O–H groups in total. The molecule has 0 unspecified atom stereocenters. The molecule has 0 amide bonds. The van der Waals surface area contributed by atoms with Gasteiger partial charge in [-0.05, 0) is 48.7 Å². The van der Waals surface area contributed by atoms with Gasteiger partial charge in [0.1, 0.15) is 11.6 Å². The van der Waals surface area contributed by atoms with Crippen LogP contribution < -0.4 is 5.32 Å². The number of anilines is 1. The summed E-state index contributed by atoms with van der Waals surface area (Å²) in [6, 6.07) is 8.49. The topological polar surface area (TPSA) is 24.9 Å². The minimum atomic E-state index is -0.191. The average Bonchev–Trinajstić information content (AvgIpc) is 2.34. The van der Waals surface area contributed by atoms with E-state index < -0.39 is 0 Å². The van der Waals surface area contributed by atoms with Gasteiger partial charge in [-0.1, -0.05) is 17.7 Å². The number of aryl methyl sites for hydroxylation is 1. The fourth-order valence-corrected chi connectivity index (χ4v) is 1.86. The Kier molecular flexibility index (Phi) is 4.15. The lowest BCUT2D eigenvalue weighted by Crippen LogP contribution is -2.07. The summed E-state index contributed by atoms with van der Waals surface area (Å²) >= 11 is 5.75. The summed E-state index contributed by atoms with van der Waals surface area (Å²) in [5.41, 5.74) is 2.11. The van der Waals surface area contributed by atoms with Crippen molar-refractivity contribution in [3.63, 3.8) is 0 Å². The lowest BCUT2D eigenvalue weighted by Gasteiger charge is -2.08. The Bertz CT molecular complexity index is 526. The van der Waals surface area contributed by atoms with Gasteiger partial charge in [-0.25, -0.2) is 9.37 Å². The summed E-state index contributed by atoms with van der Waals surface area (Å²) in [5, 5.41) is 3.82. The van der Waals surface area contributed by atoms with Crippen LogP contribution in [0.3, 0.4) is 0 Å². The third kappa shape index (κ3) is 3.44. The number of nitrogens with one attached hydrogen (secondary N) is 1. The Hall–Kier alpha value is -1.61. The highest BCUT2D eigenvalue weighted by atomic mass is 35.5. The molecule has 0 fully saturated rings. The van der Waals surface area contributed by atoms with Gasteiger partial charge in [0.2, 0.25) is 0 Å². The number of hydrogen-bond acceptors (Lipinski definition) is 2. The van der Waals surface area contributed by atoms with Crippen LogP contribution in [0.15, 0.2) is 36.5 Å². The first kappa shape index (κ1) is 12.8. The van der Waals surface area contributed by atoms with E-state index in [9.17, 15) is 4.39 Å². The second-order valence-corrected chi connectivity index (χ2v) is 4.55. The van der Waals surface area contributed by atoms with Crippen LogP contribution in [-0.2, 0) is 6.42 Å². The second kappa shape index (κ2) is 5.83. The van der Waals surface area contributed by atoms with Crippen LogP contribution in [0.2, 0.25) is 5.02 Å². The molecule has 0 saturated carbocycles. The van der Waals surface area contributed by atoms with Gasteiger partial charge in [-0.2, -0.15) is 0 Å². The third-order valence-corrected chi connectivity index (χ3v) is 2.96. The maximum atomic E-state index is 12.9. The van der Waals surface area contributed by atoms with Crippen molar-refractivity contribution in [1.82, 2.24) is 4.98 Å². The van der Waals surface area contributed by atoms with Crippen molar-refractivity contribution in [1.29, 1.82) is 0 Å². The highest BCUT2D eigenvalue weighted by Crippen LogP contribution is 2.12. The van der Waals surface area contributed by atoms with Gasteiger partial charge in [0.05, 0.1) is 5.02 Å². The summed E-state index contributed by atoms with van der Waals surface area (Å²) in [7, 11) is 0. The predicted octanol–water partition coefficient (Wildman–Crippen LogP) is 3.84. The van der Waals surface area contributed by atoms with Crippen LogP contribution in [0.4, 0.5) is 10.2 Å². The Labute approximate surface area is 111 Å². The van der Waals surface area contributed by atoms with E-state index in [0.29, 0.717) is 5.02 Å². The van der Waals surface area contributed by atoms with E-state index in [0.717, 1.165) is 29.9 Å². The van der Waals surface area contributed by atoms with E-state index in [1.165, 1.54) is 6.07 Å². The number of pyridine rings is 1. The number of hydrogen-bond donors (Lipinski definition) is 1. The molecule has 2 aromatic rings. The summed E-state index contributed by atoms with van der Waals surface area (Å²) < 4.78 is 12.9. The first-order chi connectivity index (χ1) is 8.65. The van der Waals surface area contributed by atoms with Crippen LogP contribution in [0.1, 0.15) is 11.1 Å². The molecule has 0 bridgehead atoms. The van der Waals surface area contributed by atoms with E-state index in [-0.39, 0.29) is 5.82 Å². The Balaban J connectivity index is 1.90. The standard InChI is InChI=1S/C14H14ClFN2/c1-10-8-13(16)4-2-11(10)6-7-17-14-5-3-12(15)9-18-14/h2-5,8-9H,6-7H2,1H3,(H,17,18). The SMILES string of the molecule is Cc1cc(F)ccc1CCNc1ccc(Cl)cn1. The molecule has 0 aliphatic heterocycles. The van der Waals surface area contributed by atoms with Crippen molar-refractivity contribution < 1.29 is 4.39 Å². The van der Waals surface area contributed by atoms with Gasteiger partial charge in [-0.15, -0.1) is 0 Å². The molecule has 0 aliphatic carbocycles. The molecule has 2 rings (SSSR count). The van der Waals surface area contributed by atoms with Crippen LogP contribution in [0.5, 0.6) is 0 Å². The van der Waals surface area contributed by atoms with E-state index in [2.05, 4.69) is 10.3 Å². The van der Waals surface area contributed by atoms with Crippen molar-refractivity contribution >= 4 is 17.4 Å². The average molecular weight is 265 g/mol. The highest BCUT2D eigenvalue weighted by Gasteiger charge is 2.00. The van der Waals surface area contributed by atoms with E-state index in [4.69, 9.17) is 11.6 Å². The van der Waals surface area contributed by atoms with Crippen LogP contribution in [-0.4, -0.2) is 11.5 Å². The maximum absolute atomic E-state index is 12.9. The van der Waals surface area contributed by atoms with Gasteiger partial charge >= 0.3 is 0 Å². The molecular weight excluding hydrogens is 251 g/mol. The zero-order valence-corrected chi connectivity index (χ0v) is 10.8. The van der Waals surface area contributed by atoms with Gasteiger partial charge in [-0.3, -0.25) is 0 Å². The summed E-state index contributed by atoms with van der Waals surface area (Å²) in [6.07, 6.45) is 2.43. The van der Waals surface area contributed by atoms with Crippen LogP contribution in [0.25, 0.3) is 0 Å². The molecule has 94 valence electrons. The fourth-order valence-electron chi connectivity index (χ4n) is 1.75. The van der Waals surface area contributed by atoms with E-state index >= 15 is 0 Å². The smallest absolute Gasteiger partial charge is 0.125 e. The van der Waals surface area contributed by atoms with Crippen molar-refractivity contribution in [2.24, 2.45) is 0 Å². The molecule has 0 atom stereocenters. The molecule has 1 aromatic heterocycles. The minimum absolute atomic E-state index is 0.191. The first-order valence-corrected chi connectivity index (χ1v) is 6.13. The summed E-state index contributed by atoms with van der Waals surface area (Å²) in [6.45, 7) is 2.67. The largest absolute Gasteiger partial charge is 0.370 e. The van der Waals surface area contributed by atoms with Gasteiger partial charge in [0.25, 0.3) is 0 Å². The van der Waals surface area contributed by atoms with Crippen LogP contribution >= 0.6 is 11.6 Å². The molecule has 2 nitrogen and oxygen atoms in total. The van der Waals surface area contributed by atoms with Crippen molar-refractivity contribution in [3.05, 3.63) is 58.5 Å². The van der Waals surface area contributed by atoms with E-state index in [1.54, 1.807) is 18.3 Å². The minimum Gasteiger partial charge on any atom is -0.370 e. The lowest BCUT2D eigenvalue weighted by atomic mass is 10.1. The molecule has 0 radical (unpaired) electrons. The van der Waals surface area contributed by atoms with Crippen LogP contribution in [0, 0.1) is 12.7 Å². The molecular formula is C14H14ClFN2. The predicted molar refractivity (Wildman–Crippen MR) is 72.6 cm³/mol. The molecule has 1 aromatic carbocycles. The Morgan fingerprint density at radius 2 is 2.11 bits per heavy atom.